The first kappa shape index (κ1) is 13.9. The maximum atomic E-state index is 13.3. The molecule has 0 unspecified atom stereocenters. The largest absolute Gasteiger partial charge is 0.272 e. The van der Waals surface area contributed by atoms with E-state index in [0.717, 1.165) is 5.69 Å². The van der Waals surface area contributed by atoms with Crippen molar-refractivity contribution in [2.45, 2.75) is 6.42 Å². The Morgan fingerprint density at radius 2 is 2.14 bits per heavy atom. The van der Waals surface area contributed by atoms with E-state index in [0.29, 0.717) is 22.7 Å². The van der Waals surface area contributed by atoms with Gasteiger partial charge < -0.3 is 0 Å². The van der Waals surface area contributed by atoms with Crippen molar-refractivity contribution in [1.82, 2.24) is 19.7 Å². The summed E-state index contributed by atoms with van der Waals surface area (Å²) in [5, 5.41) is 6.99. The highest BCUT2D eigenvalue weighted by atomic mass is 35.5. The molecule has 0 spiro atoms. The predicted molar refractivity (Wildman–Crippen MR) is 80.8 cm³/mol. The summed E-state index contributed by atoms with van der Waals surface area (Å²) in [6.45, 7) is 0. The van der Waals surface area contributed by atoms with Gasteiger partial charge in [-0.3, -0.25) is 14.6 Å². The Balaban J connectivity index is 2.05. The number of H-pyrrole nitrogens is 1. The molecule has 0 atom stereocenters. The summed E-state index contributed by atoms with van der Waals surface area (Å²) in [5.41, 5.74) is 1.52. The van der Waals surface area contributed by atoms with Crippen LogP contribution < -0.4 is 0 Å². The summed E-state index contributed by atoms with van der Waals surface area (Å²) in [4.78, 5) is 4.26. The number of rotatable bonds is 3. The Labute approximate surface area is 130 Å². The lowest BCUT2D eigenvalue weighted by molar-refractivity contribution is 0.627. The first-order chi connectivity index (χ1) is 10.1. The number of aromatic amines is 1. The molecule has 1 N–H and O–H groups in total. The third-order valence-electron chi connectivity index (χ3n) is 2.97. The van der Waals surface area contributed by atoms with Crippen LogP contribution in [0.5, 0.6) is 0 Å². The van der Waals surface area contributed by atoms with E-state index >= 15 is 0 Å². The van der Waals surface area contributed by atoms with Crippen molar-refractivity contribution in [3.8, 4) is 5.69 Å². The SMILES string of the molecule is Fc1ccc(-n2c(Cc3ccccn3)n[nH]c2=S)cc1Cl. The fourth-order valence-corrected chi connectivity index (χ4v) is 2.43. The third-order valence-corrected chi connectivity index (χ3v) is 3.53. The number of benzene rings is 1. The van der Waals surface area contributed by atoms with E-state index in [1.165, 1.54) is 12.1 Å². The van der Waals surface area contributed by atoms with Crippen LogP contribution in [-0.2, 0) is 6.42 Å². The second kappa shape index (κ2) is 5.75. The lowest BCUT2D eigenvalue weighted by atomic mass is 10.2. The Hall–Kier alpha value is -2.05. The van der Waals surface area contributed by atoms with Gasteiger partial charge in [-0.1, -0.05) is 17.7 Å². The van der Waals surface area contributed by atoms with Gasteiger partial charge in [0, 0.05) is 11.9 Å². The number of halogens is 2. The second-order valence-electron chi connectivity index (χ2n) is 4.38. The van der Waals surface area contributed by atoms with Crippen LogP contribution >= 0.6 is 23.8 Å². The van der Waals surface area contributed by atoms with E-state index < -0.39 is 5.82 Å². The van der Waals surface area contributed by atoms with Crippen LogP contribution in [0, 0.1) is 10.6 Å². The average Bonchev–Trinajstić information content (AvgIpc) is 2.84. The van der Waals surface area contributed by atoms with E-state index in [-0.39, 0.29) is 5.02 Å². The topological polar surface area (TPSA) is 46.5 Å². The predicted octanol–water partition coefficient (Wildman–Crippen LogP) is 3.71. The zero-order valence-corrected chi connectivity index (χ0v) is 12.3. The lowest BCUT2D eigenvalue weighted by Gasteiger charge is -2.07. The number of hydrogen-bond donors (Lipinski definition) is 1. The van der Waals surface area contributed by atoms with Gasteiger partial charge in [-0.25, -0.2) is 4.39 Å². The molecule has 0 aliphatic rings. The molecule has 2 aromatic heterocycles. The molecule has 21 heavy (non-hydrogen) atoms. The molecule has 4 nitrogen and oxygen atoms in total. The monoisotopic (exact) mass is 320 g/mol. The molecule has 0 radical (unpaired) electrons. The van der Waals surface area contributed by atoms with Gasteiger partial charge in [0.2, 0.25) is 0 Å². The summed E-state index contributed by atoms with van der Waals surface area (Å²) in [5.74, 6) is 0.211. The minimum atomic E-state index is -0.471. The van der Waals surface area contributed by atoms with E-state index in [9.17, 15) is 4.39 Å². The Kier molecular flexibility index (Phi) is 3.81. The maximum Gasteiger partial charge on any atom is 0.199 e. The van der Waals surface area contributed by atoms with Gasteiger partial charge in [-0.15, -0.1) is 0 Å². The normalized spacial score (nSPS) is 10.8. The van der Waals surface area contributed by atoms with E-state index in [4.69, 9.17) is 23.8 Å². The van der Waals surface area contributed by atoms with Crippen molar-refractivity contribution in [2.24, 2.45) is 0 Å². The molecule has 3 aromatic rings. The van der Waals surface area contributed by atoms with Gasteiger partial charge in [-0.2, -0.15) is 5.10 Å². The number of pyridine rings is 1. The van der Waals surface area contributed by atoms with Crippen LogP contribution in [0.25, 0.3) is 5.69 Å². The molecule has 1 aromatic carbocycles. The molecular formula is C14H10ClFN4S. The van der Waals surface area contributed by atoms with Crippen LogP contribution in [0.4, 0.5) is 4.39 Å². The average molecular weight is 321 g/mol. The van der Waals surface area contributed by atoms with Crippen molar-refractivity contribution in [1.29, 1.82) is 0 Å². The molecule has 3 rings (SSSR count). The number of aromatic nitrogens is 4. The summed E-state index contributed by atoms with van der Waals surface area (Å²) in [7, 11) is 0. The fraction of sp³-hybridized carbons (Fsp3) is 0.0714. The molecule has 0 aliphatic carbocycles. The number of hydrogen-bond acceptors (Lipinski definition) is 3. The summed E-state index contributed by atoms with van der Waals surface area (Å²) in [6.07, 6.45) is 2.22. The highest BCUT2D eigenvalue weighted by molar-refractivity contribution is 7.71. The Bertz CT molecular complexity index is 828. The highest BCUT2D eigenvalue weighted by Gasteiger charge is 2.11. The van der Waals surface area contributed by atoms with Gasteiger partial charge in [0.05, 0.1) is 17.1 Å². The first-order valence-corrected chi connectivity index (χ1v) is 6.95. The molecule has 0 saturated carbocycles. The number of nitrogens with zero attached hydrogens (tertiary/aromatic N) is 3. The smallest absolute Gasteiger partial charge is 0.199 e. The van der Waals surface area contributed by atoms with Gasteiger partial charge in [0.15, 0.2) is 4.77 Å². The second-order valence-corrected chi connectivity index (χ2v) is 5.17. The fourth-order valence-electron chi connectivity index (χ4n) is 2.00. The van der Waals surface area contributed by atoms with Gasteiger partial charge in [-0.05, 0) is 42.5 Å². The molecule has 0 aliphatic heterocycles. The standard InChI is InChI=1S/C14H10ClFN4S/c15-11-8-10(4-5-12(11)16)20-13(18-19-14(20)21)7-9-3-1-2-6-17-9/h1-6,8H,7H2,(H,19,21). The first-order valence-electron chi connectivity index (χ1n) is 6.17. The molecular weight excluding hydrogens is 311 g/mol. The molecule has 106 valence electrons. The van der Waals surface area contributed by atoms with Crippen LogP contribution in [0.15, 0.2) is 42.6 Å². The Morgan fingerprint density at radius 3 is 2.86 bits per heavy atom. The van der Waals surface area contributed by atoms with Gasteiger partial charge >= 0.3 is 0 Å². The van der Waals surface area contributed by atoms with Crippen LogP contribution in [0.1, 0.15) is 11.5 Å². The minimum Gasteiger partial charge on any atom is -0.272 e. The van der Waals surface area contributed by atoms with E-state index in [2.05, 4.69) is 15.2 Å². The molecule has 7 heteroatoms. The molecule has 0 fully saturated rings. The number of nitrogens with one attached hydrogen (secondary N) is 1. The zero-order valence-electron chi connectivity index (χ0n) is 10.8. The minimum absolute atomic E-state index is 0.0411. The van der Waals surface area contributed by atoms with Crippen molar-refractivity contribution in [3.63, 3.8) is 0 Å². The van der Waals surface area contributed by atoms with E-state index in [1.54, 1.807) is 16.8 Å². The third kappa shape index (κ3) is 2.86. The van der Waals surface area contributed by atoms with Crippen molar-refractivity contribution < 1.29 is 4.39 Å². The van der Waals surface area contributed by atoms with Crippen molar-refractivity contribution >= 4 is 23.8 Å². The van der Waals surface area contributed by atoms with Crippen molar-refractivity contribution in [3.05, 3.63) is 69.7 Å². The summed E-state index contributed by atoms with van der Waals surface area (Å²) >= 11 is 11.1. The molecule has 2 heterocycles. The molecule has 0 amide bonds. The van der Waals surface area contributed by atoms with Gasteiger partial charge in [0.25, 0.3) is 0 Å². The summed E-state index contributed by atoms with van der Waals surface area (Å²) in [6, 6.07) is 10.1. The lowest BCUT2D eigenvalue weighted by Crippen LogP contribution is -2.03. The zero-order chi connectivity index (χ0) is 14.8. The van der Waals surface area contributed by atoms with Crippen LogP contribution in [-0.4, -0.2) is 19.7 Å². The maximum absolute atomic E-state index is 13.3. The van der Waals surface area contributed by atoms with Crippen molar-refractivity contribution in [2.75, 3.05) is 0 Å². The molecule has 0 bridgehead atoms. The van der Waals surface area contributed by atoms with Crippen LogP contribution in [0.3, 0.4) is 0 Å². The van der Waals surface area contributed by atoms with Crippen LogP contribution in [0.2, 0.25) is 5.02 Å². The quantitative estimate of drug-likeness (QED) is 0.748. The van der Waals surface area contributed by atoms with Gasteiger partial charge in [0.1, 0.15) is 11.6 Å². The molecule has 0 saturated heterocycles. The Morgan fingerprint density at radius 1 is 1.29 bits per heavy atom. The highest BCUT2D eigenvalue weighted by Crippen LogP contribution is 2.20. The summed E-state index contributed by atoms with van der Waals surface area (Å²) < 4.78 is 15.4. The van der Waals surface area contributed by atoms with E-state index in [1.807, 2.05) is 18.2 Å².